The summed E-state index contributed by atoms with van der Waals surface area (Å²) in [5.74, 6) is -1.30. The van der Waals surface area contributed by atoms with Crippen LogP contribution in [-0.4, -0.2) is 28.5 Å². The highest BCUT2D eigenvalue weighted by atomic mass is 32.1. The third kappa shape index (κ3) is 2.77. The molecule has 2 heterocycles. The number of nitrogens with one attached hydrogen (secondary N) is 1. The average molecular weight is 309 g/mol. The fraction of sp³-hybridized carbons (Fsp3) is 0.167. The van der Waals surface area contributed by atoms with Gasteiger partial charge in [-0.15, -0.1) is 11.3 Å². The van der Waals surface area contributed by atoms with Crippen molar-refractivity contribution in [2.75, 3.05) is 12.4 Å². The highest BCUT2D eigenvalue weighted by Gasteiger charge is 2.22. The highest BCUT2D eigenvalue weighted by Crippen LogP contribution is 2.24. The number of methoxy groups -OCH3 is 1. The molecule has 8 nitrogen and oxygen atoms in total. The standard InChI is InChI=1S/C12H11N3O5S/c1-14-8(3-4-9(14)15(18)19)11(16)13-7-5-6-21-10(7)12(17)20-2/h3-6H,1-2H3,(H,13,16). The number of aromatic nitrogens is 1. The molecule has 0 atom stereocenters. The minimum atomic E-state index is -0.582. The van der Waals surface area contributed by atoms with Crippen LogP contribution in [0.3, 0.4) is 0 Å². The van der Waals surface area contributed by atoms with Crippen molar-refractivity contribution in [2.45, 2.75) is 0 Å². The van der Waals surface area contributed by atoms with E-state index in [2.05, 4.69) is 10.1 Å². The predicted octanol–water partition coefficient (Wildman–Crippen LogP) is 2.03. The lowest BCUT2D eigenvalue weighted by Gasteiger charge is -2.04. The Kier molecular flexibility index (Phi) is 4.03. The number of carbonyl (C=O) groups excluding carboxylic acids is 2. The second-order valence-electron chi connectivity index (χ2n) is 4.00. The quantitative estimate of drug-likeness (QED) is 0.528. The molecule has 9 heteroatoms. The maximum atomic E-state index is 12.1. The average Bonchev–Trinajstić information content (AvgIpc) is 3.04. The van der Waals surface area contributed by atoms with E-state index in [1.807, 2.05) is 0 Å². The molecule has 1 amide bonds. The first-order chi connectivity index (χ1) is 9.95. The number of ether oxygens (including phenoxy) is 1. The molecule has 0 spiro atoms. The number of amides is 1. The number of thiophene rings is 1. The lowest BCUT2D eigenvalue weighted by molar-refractivity contribution is -0.391. The Labute approximate surface area is 123 Å². The molecule has 1 N–H and O–H groups in total. The molecule has 21 heavy (non-hydrogen) atoms. The van der Waals surface area contributed by atoms with Crippen LogP contribution >= 0.6 is 11.3 Å². The molecule has 0 aliphatic heterocycles. The van der Waals surface area contributed by atoms with E-state index in [1.54, 1.807) is 11.4 Å². The lowest BCUT2D eigenvalue weighted by atomic mass is 10.3. The maximum Gasteiger partial charge on any atom is 0.350 e. The summed E-state index contributed by atoms with van der Waals surface area (Å²) in [6.45, 7) is 0. The van der Waals surface area contributed by atoms with Gasteiger partial charge in [0.15, 0.2) is 5.69 Å². The molecule has 0 unspecified atom stereocenters. The number of hydrogen-bond donors (Lipinski definition) is 1. The number of esters is 1. The van der Waals surface area contributed by atoms with Gasteiger partial charge >= 0.3 is 11.8 Å². The Morgan fingerprint density at radius 2 is 2.10 bits per heavy atom. The van der Waals surface area contributed by atoms with Crippen LogP contribution in [0.1, 0.15) is 20.2 Å². The Hall–Kier alpha value is -2.68. The zero-order chi connectivity index (χ0) is 15.6. The summed E-state index contributed by atoms with van der Waals surface area (Å²) in [4.78, 5) is 34.1. The van der Waals surface area contributed by atoms with Gasteiger partial charge in [0.05, 0.1) is 19.8 Å². The van der Waals surface area contributed by atoms with Crippen LogP contribution < -0.4 is 5.32 Å². The van der Waals surface area contributed by atoms with Gasteiger partial charge in [-0.2, -0.15) is 0 Å². The predicted molar refractivity (Wildman–Crippen MR) is 75.7 cm³/mol. The first kappa shape index (κ1) is 14.7. The molecule has 0 radical (unpaired) electrons. The van der Waals surface area contributed by atoms with Crippen LogP contribution in [0, 0.1) is 10.1 Å². The zero-order valence-corrected chi connectivity index (χ0v) is 12.0. The summed E-state index contributed by atoms with van der Waals surface area (Å²) < 4.78 is 5.77. The van der Waals surface area contributed by atoms with Crippen LogP contribution in [-0.2, 0) is 11.8 Å². The van der Waals surface area contributed by atoms with Crippen molar-refractivity contribution in [2.24, 2.45) is 7.05 Å². The number of hydrogen-bond acceptors (Lipinski definition) is 6. The fourth-order valence-electron chi connectivity index (χ4n) is 1.76. The zero-order valence-electron chi connectivity index (χ0n) is 11.2. The van der Waals surface area contributed by atoms with E-state index in [-0.39, 0.29) is 16.4 Å². The Balaban J connectivity index is 2.25. The van der Waals surface area contributed by atoms with Crippen molar-refractivity contribution in [3.05, 3.63) is 44.3 Å². The first-order valence-electron chi connectivity index (χ1n) is 5.73. The van der Waals surface area contributed by atoms with Crippen molar-refractivity contribution < 1.29 is 19.2 Å². The van der Waals surface area contributed by atoms with Gasteiger partial charge in [-0.05, 0) is 22.4 Å². The summed E-state index contributed by atoms with van der Waals surface area (Å²) >= 11 is 1.13. The molecule has 2 aromatic rings. The van der Waals surface area contributed by atoms with Gasteiger partial charge in [0.2, 0.25) is 0 Å². The minimum absolute atomic E-state index is 0.115. The van der Waals surface area contributed by atoms with E-state index in [1.165, 1.54) is 30.9 Å². The van der Waals surface area contributed by atoms with Crippen molar-refractivity contribution >= 4 is 34.7 Å². The summed E-state index contributed by atoms with van der Waals surface area (Å²) in [5.41, 5.74) is 0.421. The van der Waals surface area contributed by atoms with Crippen LogP contribution in [0.4, 0.5) is 11.5 Å². The summed E-state index contributed by atoms with van der Waals surface area (Å²) in [7, 11) is 2.66. The summed E-state index contributed by atoms with van der Waals surface area (Å²) in [6, 6.07) is 4.15. The number of nitro groups is 1. The molecule has 0 fully saturated rings. The van der Waals surface area contributed by atoms with E-state index in [9.17, 15) is 19.7 Å². The molecular weight excluding hydrogens is 298 g/mol. The summed E-state index contributed by atoms with van der Waals surface area (Å²) in [6.07, 6.45) is 0. The van der Waals surface area contributed by atoms with Crippen molar-refractivity contribution in [3.63, 3.8) is 0 Å². The largest absolute Gasteiger partial charge is 0.465 e. The Bertz CT molecular complexity index is 718. The monoisotopic (exact) mass is 309 g/mol. The van der Waals surface area contributed by atoms with E-state index < -0.39 is 16.8 Å². The first-order valence-corrected chi connectivity index (χ1v) is 6.61. The Morgan fingerprint density at radius 3 is 2.67 bits per heavy atom. The van der Waals surface area contributed by atoms with Crippen molar-refractivity contribution in [1.29, 1.82) is 0 Å². The lowest BCUT2D eigenvalue weighted by Crippen LogP contribution is -2.17. The van der Waals surface area contributed by atoms with Gasteiger partial charge in [0.25, 0.3) is 5.91 Å². The third-order valence-electron chi connectivity index (χ3n) is 2.80. The molecule has 2 rings (SSSR count). The maximum absolute atomic E-state index is 12.1. The molecule has 0 aliphatic rings. The number of nitrogens with zero attached hydrogens (tertiary/aromatic N) is 2. The number of rotatable bonds is 4. The van der Waals surface area contributed by atoms with Gasteiger partial charge in [-0.3, -0.25) is 4.79 Å². The molecular formula is C12H11N3O5S. The van der Waals surface area contributed by atoms with Gasteiger partial charge < -0.3 is 20.2 Å². The normalized spacial score (nSPS) is 10.2. The topological polar surface area (TPSA) is 103 Å². The SMILES string of the molecule is COC(=O)c1sccc1NC(=O)c1ccc([N+](=O)[O-])n1C. The third-order valence-corrected chi connectivity index (χ3v) is 3.69. The highest BCUT2D eigenvalue weighted by molar-refractivity contribution is 7.12. The number of anilines is 1. The second-order valence-corrected chi connectivity index (χ2v) is 4.92. The smallest absolute Gasteiger partial charge is 0.350 e. The van der Waals surface area contributed by atoms with E-state index in [4.69, 9.17) is 0 Å². The molecule has 0 saturated carbocycles. The fourth-order valence-corrected chi connectivity index (χ4v) is 2.52. The van der Waals surface area contributed by atoms with Gasteiger partial charge in [0, 0.05) is 6.07 Å². The second kappa shape index (κ2) is 5.75. The number of carbonyl (C=O) groups is 2. The van der Waals surface area contributed by atoms with Crippen LogP contribution in [0.2, 0.25) is 0 Å². The van der Waals surface area contributed by atoms with Crippen LogP contribution in [0.15, 0.2) is 23.6 Å². The van der Waals surface area contributed by atoms with Gasteiger partial charge in [0.1, 0.15) is 4.88 Å². The van der Waals surface area contributed by atoms with E-state index in [0.717, 1.165) is 11.3 Å². The van der Waals surface area contributed by atoms with E-state index >= 15 is 0 Å². The summed E-state index contributed by atoms with van der Waals surface area (Å²) in [5, 5.41) is 14.9. The van der Waals surface area contributed by atoms with Gasteiger partial charge in [-0.1, -0.05) is 0 Å². The van der Waals surface area contributed by atoms with Crippen LogP contribution in [0.25, 0.3) is 0 Å². The molecule has 110 valence electrons. The molecule has 0 saturated heterocycles. The molecule has 0 bridgehead atoms. The molecule has 0 aromatic carbocycles. The molecule has 0 aliphatic carbocycles. The van der Waals surface area contributed by atoms with E-state index in [0.29, 0.717) is 5.69 Å². The minimum Gasteiger partial charge on any atom is -0.465 e. The van der Waals surface area contributed by atoms with Crippen LogP contribution in [0.5, 0.6) is 0 Å². The van der Waals surface area contributed by atoms with Gasteiger partial charge in [-0.25, -0.2) is 9.36 Å². The van der Waals surface area contributed by atoms with Crippen molar-refractivity contribution in [1.82, 2.24) is 4.57 Å². The molecule has 2 aromatic heterocycles. The Morgan fingerprint density at radius 1 is 1.38 bits per heavy atom. The van der Waals surface area contributed by atoms with Crippen molar-refractivity contribution in [3.8, 4) is 0 Å².